The minimum Gasteiger partial charge on any atom is -0.344 e. The summed E-state index contributed by atoms with van der Waals surface area (Å²) in [6, 6.07) is 10.7. The third-order valence-corrected chi connectivity index (χ3v) is 7.35. The first-order chi connectivity index (χ1) is 13.9. The second kappa shape index (κ2) is 7.82. The number of sulfonamides is 1. The molecule has 3 rings (SSSR count). The van der Waals surface area contributed by atoms with Gasteiger partial charge in [-0.15, -0.1) is 0 Å². The Kier molecular flexibility index (Phi) is 5.72. The van der Waals surface area contributed by atoms with Crippen LogP contribution in [0.3, 0.4) is 0 Å². The summed E-state index contributed by atoms with van der Waals surface area (Å²) in [7, 11) is -4.28. The number of nitrogens with one attached hydrogen (secondary N) is 1. The average molecular weight is 451 g/mol. The Bertz CT molecular complexity index is 1310. The highest BCUT2D eigenvalue weighted by Gasteiger charge is 2.24. The van der Waals surface area contributed by atoms with Gasteiger partial charge in [-0.05, 0) is 36.8 Å². The Morgan fingerprint density at radius 1 is 1.07 bits per heavy atom. The zero-order valence-electron chi connectivity index (χ0n) is 16.9. The molecule has 1 atom stereocenters. The van der Waals surface area contributed by atoms with Crippen LogP contribution in [0.4, 0.5) is 0 Å². The lowest BCUT2D eigenvalue weighted by molar-refractivity contribution is 0.0936. The molecular weight excluding hydrogens is 428 g/mol. The van der Waals surface area contributed by atoms with Gasteiger partial charge in [-0.3, -0.25) is 9.20 Å². The van der Waals surface area contributed by atoms with E-state index in [1.807, 2.05) is 0 Å². The number of nitrogens with zero attached hydrogens (tertiary/aromatic N) is 3. The Balaban J connectivity index is 1.88. The molecule has 160 valence electrons. The third-order valence-electron chi connectivity index (χ3n) is 4.57. The van der Waals surface area contributed by atoms with Gasteiger partial charge in [-0.25, -0.2) is 26.1 Å². The molecule has 1 unspecified atom stereocenters. The van der Waals surface area contributed by atoms with Crippen LogP contribution in [0.2, 0.25) is 0 Å². The number of sulfone groups is 1. The maximum absolute atomic E-state index is 12.8. The van der Waals surface area contributed by atoms with Gasteiger partial charge in [-0.2, -0.15) is 0 Å². The minimum absolute atomic E-state index is 0.00493. The first-order valence-corrected chi connectivity index (χ1v) is 12.3. The number of pyridine rings is 1. The van der Waals surface area contributed by atoms with Crippen molar-refractivity contribution in [3.63, 3.8) is 0 Å². The van der Waals surface area contributed by atoms with Crippen molar-refractivity contribution in [1.82, 2.24) is 19.0 Å². The number of aromatic nitrogens is 2. The molecule has 30 heavy (non-hydrogen) atoms. The second-order valence-corrected chi connectivity index (χ2v) is 11.1. The maximum Gasteiger partial charge on any atom is 0.272 e. The van der Waals surface area contributed by atoms with E-state index in [1.54, 1.807) is 37.3 Å². The van der Waals surface area contributed by atoms with Crippen molar-refractivity contribution in [1.29, 1.82) is 0 Å². The summed E-state index contributed by atoms with van der Waals surface area (Å²) in [6.07, 6.45) is 2.56. The number of fused-ring (bicyclic) bond motifs is 1. The topological polar surface area (TPSA) is 118 Å². The van der Waals surface area contributed by atoms with Crippen LogP contribution < -0.4 is 5.32 Å². The molecule has 9 nitrogen and oxygen atoms in total. The highest BCUT2D eigenvalue weighted by molar-refractivity contribution is 7.90. The molecular formula is C19H22N4O5S2. The fourth-order valence-corrected chi connectivity index (χ4v) is 4.60. The zero-order valence-corrected chi connectivity index (χ0v) is 18.5. The molecule has 2 aromatic heterocycles. The van der Waals surface area contributed by atoms with Crippen molar-refractivity contribution in [3.05, 3.63) is 59.9 Å². The van der Waals surface area contributed by atoms with E-state index < -0.39 is 31.8 Å². The Hall–Kier alpha value is -2.76. The monoisotopic (exact) mass is 450 g/mol. The number of rotatable bonds is 6. The SMILES string of the molecule is CC(NC(=O)c1nc(S(C)(=O)=O)n2ccccc12)c1ccc(S(=O)(=O)N(C)C)cc1. The molecule has 0 spiro atoms. The first-order valence-electron chi connectivity index (χ1n) is 8.93. The molecule has 0 saturated heterocycles. The van der Waals surface area contributed by atoms with Gasteiger partial charge in [0.2, 0.25) is 25.0 Å². The number of benzene rings is 1. The van der Waals surface area contributed by atoms with Crippen LogP contribution >= 0.6 is 0 Å². The first kappa shape index (κ1) is 21.9. The highest BCUT2D eigenvalue weighted by Crippen LogP contribution is 2.21. The highest BCUT2D eigenvalue weighted by atomic mass is 32.2. The molecule has 0 aliphatic rings. The van der Waals surface area contributed by atoms with Gasteiger partial charge >= 0.3 is 0 Å². The molecule has 0 radical (unpaired) electrons. The molecule has 1 N–H and O–H groups in total. The third kappa shape index (κ3) is 4.09. The molecule has 1 aromatic carbocycles. The lowest BCUT2D eigenvalue weighted by Crippen LogP contribution is -2.27. The normalized spacial score (nSPS) is 13.5. The number of imidazole rings is 1. The van der Waals surface area contributed by atoms with Crippen LogP contribution in [0, 0.1) is 0 Å². The standard InChI is InChI=1S/C19H22N4O5S2/c1-13(14-8-10-15(11-9-14)30(27,28)22(2)3)20-18(24)17-16-7-5-6-12-23(16)19(21-17)29(4,25)26/h5-13H,1-4H3,(H,20,24). The molecule has 0 aliphatic carbocycles. The van der Waals surface area contributed by atoms with E-state index in [2.05, 4.69) is 10.3 Å². The van der Waals surface area contributed by atoms with E-state index in [0.717, 1.165) is 10.6 Å². The largest absolute Gasteiger partial charge is 0.344 e. The summed E-state index contributed by atoms with van der Waals surface area (Å²) in [5.41, 5.74) is 1.05. The van der Waals surface area contributed by atoms with Gasteiger partial charge < -0.3 is 5.32 Å². The molecule has 0 bridgehead atoms. The Morgan fingerprint density at radius 2 is 1.70 bits per heavy atom. The second-order valence-electron chi connectivity index (χ2n) is 7.02. The number of amides is 1. The molecule has 0 aliphatic heterocycles. The molecule has 1 amide bonds. The molecule has 11 heteroatoms. The fraction of sp³-hybridized carbons (Fsp3) is 0.263. The van der Waals surface area contributed by atoms with Crippen LogP contribution in [0.25, 0.3) is 5.52 Å². The lowest BCUT2D eigenvalue weighted by atomic mass is 10.1. The van der Waals surface area contributed by atoms with E-state index in [4.69, 9.17) is 0 Å². The zero-order chi connectivity index (χ0) is 22.3. The summed E-state index contributed by atoms with van der Waals surface area (Å²) in [4.78, 5) is 17.0. The fourth-order valence-electron chi connectivity index (χ4n) is 2.93. The van der Waals surface area contributed by atoms with Crippen molar-refractivity contribution in [3.8, 4) is 0 Å². The summed E-state index contributed by atoms with van der Waals surface area (Å²) in [5, 5.41) is 2.57. The number of carbonyl (C=O) groups excluding carboxylic acids is 1. The Morgan fingerprint density at radius 3 is 2.27 bits per heavy atom. The number of carbonyl (C=O) groups is 1. The predicted octanol–water partition coefficient (Wildman–Crippen LogP) is 1.48. The van der Waals surface area contributed by atoms with Crippen molar-refractivity contribution in [2.24, 2.45) is 0 Å². The Labute approximate surface area is 175 Å². The predicted molar refractivity (Wildman–Crippen MR) is 111 cm³/mol. The summed E-state index contributed by atoms with van der Waals surface area (Å²) in [6.45, 7) is 1.74. The van der Waals surface area contributed by atoms with E-state index >= 15 is 0 Å². The van der Waals surface area contributed by atoms with Crippen molar-refractivity contribution >= 4 is 31.3 Å². The van der Waals surface area contributed by atoms with Gasteiger partial charge in [-0.1, -0.05) is 18.2 Å². The molecule has 2 heterocycles. The van der Waals surface area contributed by atoms with Crippen LogP contribution in [-0.4, -0.2) is 56.8 Å². The van der Waals surface area contributed by atoms with E-state index in [1.165, 1.54) is 36.8 Å². The minimum atomic E-state index is -3.64. The van der Waals surface area contributed by atoms with Gasteiger partial charge in [0, 0.05) is 26.5 Å². The van der Waals surface area contributed by atoms with Crippen LogP contribution in [0.1, 0.15) is 29.0 Å². The van der Waals surface area contributed by atoms with Crippen molar-refractivity contribution in [2.75, 3.05) is 20.4 Å². The smallest absolute Gasteiger partial charge is 0.272 e. The van der Waals surface area contributed by atoms with Gasteiger partial charge in [0.05, 0.1) is 16.5 Å². The summed E-state index contributed by atoms with van der Waals surface area (Å²) >= 11 is 0. The van der Waals surface area contributed by atoms with E-state index in [9.17, 15) is 21.6 Å². The van der Waals surface area contributed by atoms with Gasteiger partial charge in [0.15, 0.2) is 5.69 Å². The molecule has 0 saturated carbocycles. The van der Waals surface area contributed by atoms with Gasteiger partial charge in [0.1, 0.15) is 0 Å². The van der Waals surface area contributed by atoms with Gasteiger partial charge in [0.25, 0.3) is 5.91 Å². The maximum atomic E-state index is 12.8. The van der Waals surface area contributed by atoms with Crippen molar-refractivity contribution in [2.45, 2.75) is 23.0 Å². The van der Waals surface area contributed by atoms with Crippen LogP contribution in [0.15, 0.2) is 58.7 Å². The number of hydrogen-bond donors (Lipinski definition) is 1. The van der Waals surface area contributed by atoms with E-state index in [0.29, 0.717) is 11.1 Å². The molecule has 3 aromatic rings. The van der Waals surface area contributed by atoms with Crippen molar-refractivity contribution < 1.29 is 21.6 Å². The lowest BCUT2D eigenvalue weighted by Gasteiger charge is -2.15. The molecule has 0 fully saturated rings. The summed E-state index contributed by atoms with van der Waals surface area (Å²) in [5.74, 6) is -0.536. The summed E-state index contributed by atoms with van der Waals surface area (Å²) < 4.78 is 50.9. The van der Waals surface area contributed by atoms with Crippen LogP contribution in [0.5, 0.6) is 0 Å². The quantitative estimate of drug-likeness (QED) is 0.608. The average Bonchev–Trinajstić information content (AvgIpc) is 3.08. The van der Waals surface area contributed by atoms with Crippen LogP contribution in [-0.2, 0) is 19.9 Å². The number of hydrogen-bond acceptors (Lipinski definition) is 6. The van der Waals surface area contributed by atoms with E-state index in [-0.39, 0.29) is 15.7 Å².